The van der Waals surface area contributed by atoms with Gasteiger partial charge in [0.2, 0.25) is 0 Å². The van der Waals surface area contributed by atoms with Crippen LogP contribution in [0.15, 0.2) is 35.5 Å². The minimum atomic E-state index is -0.181. The zero-order valence-electron chi connectivity index (χ0n) is 13.0. The van der Waals surface area contributed by atoms with Crippen molar-refractivity contribution in [1.82, 2.24) is 5.32 Å². The lowest BCUT2D eigenvalue weighted by Crippen LogP contribution is -2.51. The van der Waals surface area contributed by atoms with Crippen LogP contribution >= 0.6 is 12.4 Å². The van der Waals surface area contributed by atoms with Crippen LogP contribution in [-0.2, 0) is 6.54 Å². The van der Waals surface area contributed by atoms with Crippen LogP contribution in [0.3, 0.4) is 0 Å². The third-order valence-corrected chi connectivity index (χ3v) is 5.61. The first kappa shape index (κ1) is 16.3. The fourth-order valence-corrected chi connectivity index (χ4v) is 3.88. The monoisotopic (exact) mass is 308 g/mol. The Labute approximate surface area is 133 Å². The van der Waals surface area contributed by atoms with Gasteiger partial charge in [0.15, 0.2) is 0 Å². The van der Waals surface area contributed by atoms with E-state index < -0.39 is 0 Å². The molecule has 0 spiro atoms. The number of benzene rings is 1. The highest BCUT2D eigenvalue weighted by Crippen LogP contribution is 2.65. The average molecular weight is 309 g/mol. The number of rotatable bonds is 3. The molecule has 0 heterocycles. The first-order valence-electron chi connectivity index (χ1n) is 7.48. The van der Waals surface area contributed by atoms with Crippen LogP contribution in [0.25, 0.3) is 0 Å². The van der Waals surface area contributed by atoms with Gasteiger partial charge in [-0.15, -0.1) is 12.4 Å². The summed E-state index contributed by atoms with van der Waals surface area (Å²) >= 11 is 0. The summed E-state index contributed by atoms with van der Waals surface area (Å²) in [6.45, 7) is 7.66. The predicted molar refractivity (Wildman–Crippen MR) is 88.2 cm³/mol. The minimum Gasteiger partial charge on any atom is -0.411 e. The first-order chi connectivity index (χ1) is 9.47. The van der Waals surface area contributed by atoms with E-state index in [0.29, 0.717) is 11.3 Å². The second-order valence-electron chi connectivity index (χ2n) is 7.16. The second-order valence-corrected chi connectivity index (χ2v) is 7.16. The van der Waals surface area contributed by atoms with E-state index in [1.54, 1.807) is 0 Å². The maximum absolute atomic E-state index is 9.38. The van der Waals surface area contributed by atoms with Gasteiger partial charge in [-0.2, -0.15) is 0 Å². The normalized spacial score (nSPS) is 34.9. The number of hydrogen-bond acceptors (Lipinski definition) is 3. The van der Waals surface area contributed by atoms with Crippen LogP contribution in [0.1, 0.15) is 39.2 Å². The molecule has 3 unspecified atom stereocenters. The maximum atomic E-state index is 9.38. The zero-order valence-corrected chi connectivity index (χ0v) is 13.8. The number of hydrogen-bond donors (Lipinski definition) is 2. The summed E-state index contributed by atoms with van der Waals surface area (Å²) in [6, 6.07) is 10.4. The molecular formula is C17H25ClN2O. The third kappa shape index (κ3) is 2.82. The van der Waals surface area contributed by atoms with Gasteiger partial charge < -0.3 is 10.5 Å². The van der Waals surface area contributed by atoms with E-state index in [-0.39, 0.29) is 17.9 Å². The van der Waals surface area contributed by atoms with Crippen LogP contribution in [0.2, 0.25) is 0 Å². The molecule has 3 rings (SSSR count). The van der Waals surface area contributed by atoms with Crippen LogP contribution in [0.5, 0.6) is 0 Å². The molecule has 2 N–H and O–H groups in total. The molecule has 2 saturated carbocycles. The molecule has 1 aromatic rings. The summed E-state index contributed by atoms with van der Waals surface area (Å²) in [6.07, 6.45) is 1.99. The Morgan fingerprint density at radius 2 is 1.86 bits per heavy atom. The second kappa shape index (κ2) is 5.62. The summed E-state index contributed by atoms with van der Waals surface area (Å²) in [5, 5.41) is 16.6. The Balaban J connectivity index is 0.00000161. The zero-order chi connectivity index (χ0) is 14.4. The van der Waals surface area contributed by atoms with Gasteiger partial charge in [0, 0.05) is 6.54 Å². The highest BCUT2D eigenvalue weighted by atomic mass is 35.5. The van der Waals surface area contributed by atoms with Gasteiger partial charge in [0.25, 0.3) is 0 Å². The Bertz CT molecular complexity index is 529. The van der Waals surface area contributed by atoms with Gasteiger partial charge in [-0.05, 0) is 42.6 Å². The van der Waals surface area contributed by atoms with E-state index in [9.17, 15) is 5.21 Å². The van der Waals surface area contributed by atoms with E-state index >= 15 is 0 Å². The van der Waals surface area contributed by atoms with Crippen LogP contribution < -0.4 is 5.32 Å². The van der Waals surface area contributed by atoms with Gasteiger partial charge in [-0.3, -0.25) is 0 Å². The molecule has 2 fully saturated rings. The van der Waals surface area contributed by atoms with Crippen LogP contribution in [0.4, 0.5) is 0 Å². The van der Waals surface area contributed by atoms with E-state index in [1.807, 2.05) is 6.07 Å². The summed E-state index contributed by atoms with van der Waals surface area (Å²) in [7, 11) is 0. The molecule has 1 aromatic carbocycles. The van der Waals surface area contributed by atoms with E-state index in [4.69, 9.17) is 0 Å². The van der Waals surface area contributed by atoms with Crippen molar-refractivity contribution in [3.8, 4) is 0 Å². The van der Waals surface area contributed by atoms with Gasteiger partial charge >= 0.3 is 0 Å². The SMILES string of the molecule is CC1(NCc2ccccc2)CC2C(CC1=NO)C2(C)C.Cl. The lowest BCUT2D eigenvalue weighted by molar-refractivity contribution is 0.293. The van der Waals surface area contributed by atoms with E-state index in [2.05, 4.69) is 55.5 Å². The highest BCUT2D eigenvalue weighted by Gasteiger charge is 2.63. The Morgan fingerprint density at radius 3 is 2.48 bits per heavy atom. The van der Waals surface area contributed by atoms with Crippen LogP contribution in [-0.4, -0.2) is 16.5 Å². The molecule has 4 heteroatoms. The Kier molecular flexibility index (Phi) is 4.36. The molecule has 2 aliphatic carbocycles. The van der Waals surface area contributed by atoms with Crippen molar-refractivity contribution in [2.75, 3.05) is 0 Å². The van der Waals surface area contributed by atoms with Crippen molar-refractivity contribution in [2.24, 2.45) is 22.4 Å². The van der Waals surface area contributed by atoms with Crippen LogP contribution in [0, 0.1) is 17.3 Å². The summed E-state index contributed by atoms with van der Waals surface area (Å²) in [4.78, 5) is 0. The molecule has 0 aliphatic heterocycles. The van der Waals surface area contributed by atoms with Crippen molar-refractivity contribution in [1.29, 1.82) is 0 Å². The van der Waals surface area contributed by atoms with Crippen molar-refractivity contribution in [2.45, 2.75) is 45.7 Å². The van der Waals surface area contributed by atoms with Crippen molar-refractivity contribution in [3.63, 3.8) is 0 Å². The number of halogens is 1. The molecule has 0 aromatic heterocycles. The first-order valence-corrected chi connectivity index (χ1v) is 7.48. The fourth-order valence-electron chi connectivity index (χ4n) is 3.88. The molecule has 3 atom stereocenters. The molecule has 3 nitrogen and oxygen atoms in total. The number of oxime groups is 1. The van der Waals surface area contributed by atoms with Crippen molar-refractivity contribution in [3.05, 3.63) is 35.9 Å². The lowest BCUT2D eigenvalue weighted by atomic mass is 9.81. The summed E-state index contributed by atoms with van der Waals surface area (Å²) < 4.78 is 0. The van der Waals surface area contributed by atoms with Crippen molar-refractivity contribution < 1.29 is 5.21 Å². The molecular weight excluding hydrogens is 284 g/mol. The molecule has 0 radical (unpaired) electrons. The Morgan fingerprint density at radius 1 is 1.19 bits per heavy atom. The number of nitrogens with one attached hydrogen (secondary N) is 1. The van der Waals surface area contributed by atoms with Gasteiger partial charge in [0.1, 0.15) is 0 Å². The average Bonchev–Trinajstić information content (AvgIpc) is 2.97. The predicted octanol–water partition coefficient (Wildman–Crippen LogP) is 3.85. The number of nitrogens with zero attached hydrogens (tertiary/aromatic N) is 1. The molecule has 21 heavy (non-hydrogen) atoms. The third-order valence-electron chi connectivity index (χ3n) is 5.61. The lowest BCUT2D eigenvalue weighted by Gasteiger charge is -2.35. The topological polar surface area (TPSA) is 44.6 Å². The van der Waals surface area contributed by atoms with Crippen molar-refractivity contribution >= 4 is 18.1 Å². The Hall–Kier alpha value is -1.06. The van der Waals surface area contributed by atoms with E-state index in [0.717, 1.165) is 31.0 Å². The minimum absolute atomic E-state index is 0. The molecule has 0 saturated heterocycles. The maximum Gasteiger partial charge on any atom is 0.0771 e. The molecule has 116 valence electrons. The molecule has 0 amide bonds. The van der Waals surface area contributed by atoms with Gasteiger partial charge in [-0.1, -0.05) is 49.3 Å². The number of fused-ring (bicyclic) bond motifs is 1. The fraction of sp³-hybridized carbons (Fsp3) is 0.588. The molecule has 0 bridgehead atoms. The smallest absolute Gasteiger partial charge is 0.0771 e. The standard InChI is InChI=1S/C17H24N2O.ClH/c1-16(2)13-9-15(19-20)17(3,10-14(13)16)18-11-12-7-5-4-6-8-12;/h4-8,13-14,18,20H,9-11H2,1-3H3;1H. The quantitative estimate of drug-likeness (QED) is 0.658. The highest BCUT2D eigenvalue weighted by molar-refractivity contribution is 5.94. The summed E-state index contributed by atoms with van der Waals surface area (Å²) in [5.74, 6) is 1.45. The van der Waals surface area contributed by atoms with Gasteiger partial charge in [-0.25, -0.2) is 0 Å². The molecule has 2 aliphatic rings. The summed E-state index contributed by atoms with van der Waals surface area (Å²) in [5.41, 5.74) is 2.41. The largest absolute Gasteiger partial charge is 0.411 e. The van der Waals surface area contributed by atoms with E-state index in [1.165, 1.54) is 5.56 Å². The van der Waals surface area contributed by atoms with Gasteiger partial charge in [0.05, 0.1) is 11.3 Å².